The first-order chi connectivity index (χ1) is 0. The van der Waals surface area contributed by atoms with Gasteiger partial charge in [-0.2, -0.15) is 0 Å². The van der Waals surface area contributed by atoms with Crippen molar-refractivity contribution in [2.24, 2.45) is 0 Å². The summed E-state index contributed by atoms with van der Waals surface area (Å²) in [5, 5.41) is 0. The van der Waals surface area contributed by atoms with Gasteiger partial charge in [-0.25, -0.2) is 0 Å². The third kappa shape index (κ3) is 9.07. The van der Waals surface area contributed by atoms with Crippen molar-refractivity contribution in [2.75, 3.05) is 0 Å². The van der Waals surface area contributed by atoms with Crippen LogP contribution in [0.25, 0.3) is 0 Å². The SMILES string of the molecule is [NH4+].[Na].[Na].[OH-]. The zero-order valence-electron chi connectivity index (χ0n) is 3.45. The molecule has 18 valence electrons. The minimum atomic E-state index is 0. The fraction of sp³-hybridized carbons (Fsp3) is 0. The van der Waals surface area contributed by atoms with Gasteiger partial charge in [0, 0.05) is 59.1 Å². The Morgan fingerprint density at radius 2 is 0.750 bits per heavy atom. The Kier molecular flexibility index (Phi) is 199. The molecule has 0 saturated carbocycles. The molecule has 4 heteroatoms. The zero-order valence-corrected chi connectivity index (χ0v) is 7.45. The first kappa shape index (κ1) is 38.9. The van der Waals surface area contributed by atoms with E-state index in [1.807, 2.05) is 0 Å². The van der Waals surface area contributed by atoms with Crippen molar-refractivity contribution >= 4 is 59.1 Å². The van der Waals surface area contributed by atoms with Crippen molar-refractivity contribution in [2.45, 2.75) is 0 Å². The zero-order chi connectivity index (χ0) is 0. The van der Waals surface area contributed by atoms with Crippen molar-refractivity contribution in [1.82, 2.24) is 6.15 Å². The smallest absolute Gasteiger partial charge is 0 e. The van der Waals surface area contributed by atoms with Gasteiger partial charge in [-0.05, 0) is 0 Å². The Morgan fingerprint density at radius 3 is 0.750 bits per heavy atom. The van der Waals surface area contributed by atoms with E-state index in [4.69, 9.17) is 0 Å². The molecule has 0 atom stereocenters. The maximum atomic E-state index is 0. The van der Waals surface area contributed by atoms with Crippen LogP contribution < -0.4 is 6.15 Å². The van der Waals surface area contributed by atoms with Crippen LogP contribution in [0.15, 0.2) is 0 Å². The van der Waals surface area contributed by atoms with Gasteiger partial charge in [0.15, 0.2) is 0 Å². The van der Waals surface area contributed by atoms with Crippen molar-refractivity contribution in [3.8, 4) is 0 Å². The van der Waals surface area contributed by atoms with Crippen LogP contribution in [0.4, 0.5) is 0 Å². The molecule has 0 fully saturated rings. The van der Waals surface area contributed by atoms with E-state index in [-0.39, 0.29) is 70.7 Å². The predicted octanol–water partition coefficient (Wildman–Crippen LogP) is -0.562. The van der Waals surface area contributed by atoms with Crippen LogP contribution in [0.3, 0.4) is 0 Å². The van der Waals surface area contributed by atoms with Crippen LogP contribution in [0, 0.1) is 0 Å². The maximum Gasteiger partial charge on any atom is 0 e. The fourth-order valence-electron chi connectivity index (χ4n) is 0. The van der Waals surface area contributed by atoms with E-state index in [9.17, 15) is 0 Å². The molecule has 0 aliphatic heterocycles. The molecule has 0 amide bonds. The minimum absolute atomic E-state index is 0. The summed E-state index contributed by atoms with van der Waals surface area (Å²) in [6.07, 6.45) is 0. The third-order valence-electron chi connectivity index (χ3n) is 0. The van der Waals surface area contributed by atoms with Crippen LogP contribution in [0.2, 0.25) is 0 Å². The van der Waals surface area contributed by atoms with Gasteiger partial charge in [-0.15, -0.1) is 0 Å². The van der Waals surface area contributed by atoms with Crippen LogP contribution in [0.5, 0.6) is 0 Å². The quantitative estimate of drug-likeness (QED) is 0.390. The molecule has 0 aromatic carbocycles. The van der Waals surface area contributed by atoms with Crippen molar-refractivity contribution in [1.29, 1.82) is 0 Å². The summed E-state index contributed by atoms with van der Waals surface area (Å²) < 4.78 is 0. The molecule has 0 saturated heterocycles. The van der Waals surface area contributed by atoms with Crippen molar-refractivity contribution < 1.29 is 5.48 Å². The molecule has 2 nitrogen and oxygen atoms in total. The molecule has 0 aliphatic rings. The Labute approximate surface area is 69.8 Å². The van der Waals surface area contributed by atoms with Gasteiger partial charge in [-0.1, -0.05) is 0 Å². The second kappa shape index (κ2) is 20.5. The summed E-state index contributed by atoms with van der Waals surface area (Å²) in [6, 6.07) is 0. The van der Waals surface area contributed by atoms with E-state index < -0.39 is 0 Å². The van der Waals surface area contributed by atoms with E-state index in [2.05, 4.69) is 0 Å². The van der Waals surface area contributed by atoms with Crippen LogP contribution in [0.1, 0.15) is 0 Å². The Bertz CT molecular complexity index is 6.00. The fourth-order valence-corrected chi connectivity index (χ4v) is 0. The predicted molar refractivity (Wildman–Crippen MR) is 19.4 cm³/mol. The molecule has 0 heterocycles. The molecule has 0 aromatic heterocycles. The number of hydrogen-bond acceptors (Lipinski definition) is 1. The van der Waals surface area contributed by atoms with Gasteiger partial charge in [0.2, 0.25) is 0 Å². The molecular weight excluding hydrogens is 76.0 g/mol. The minimum Gasteiger partial charge on any atom is -0.870 e. The molecule has 0 rings (SSSR count). The standard InChI is InChI=1S/H3N.2Na.H2O/h1H3;;;1H2. The van der Waals surface area contributed by atoms with Crippen LogP contribution in [-0.2, 0) is 0 Å². The van der Waals surface area contributed by atoms with Gasteiger partial charge in [-0.3, -0.25) is 0 Å². The molecule has 5 N–H and O–H groups in total. The molecule has 0 unspecified atom stereocenters. The van der Waals surface area contributed by atoms with Crippen LogP contribution in [-0.4, -0.2) is 64.6 Å². The van der Waals surface area contributed by atoms with Crippen molar-refractivity contribution in [3.05, 3.63) is 0 Å². The average Bonchev–Trinajstić information content (AvgIpc) is 0. The van der Waals surface area contributed by atoms with E-state index >= 15 is 0 Å². The summed E-state index contributed by atoms with van der Waals surface area (Å²) in [6.45, 7) is 0. The van der Waals surface area contributed by atoms with Crippen molar-refractivity contribution in [3.63, 3.8) is 0 Å². The summed E-state index contributed by atoms with van der Waals surface area (Å²) >= 11 is 0. The molecular formula is H5NNa2O. The van der Waals surface area contributed by atoms with Gasteiger partial charge in [0.05, 0.1) is 0 Å². The Balaban J connectivity index is 0. The number of quaternary nitrogens is 1. The molecule has 0 aromatic rings. The normalized spacial score (nSPS) is 0. The molecule has 2 radical (unpaired) electrons. The topological polar surface area (TPSA) is 66.5 Å². The second-order valence-corrected chi connectivity index (χ2v) is 0. The molecule has 0 bridgehead atoms. The third-order valence-corrected chi connectivity index (χ3v) is 0. The summed E-state index contributed by atoms with van der Waals surface area (Å²) in [7, 11) is 0. The van der Waals surface area contributed by atoms with Gasteiger partial charge in [0.25, 0.3) is 0 Å². The summed E-state index contributed by atoms with van der Waals surface area (Å²) in [4.78, 5) is 0. The summed E-state index contributed by atoms with van der Waals surface area (Å²) in [5.41, 5.74) is 0. The Morgan fingerprint density at radius 1 is 0.750 bits per heavy atom. The largest absolute Gasteiger partial charge is 0.870 e. The molecule has 0 aliphatic carbocycles. The molecule has 4 heavy (non-hydrogen) atoms. The number of rotatable bonds is 0. The van der Waals surface area contributed by atoms with E-state index in [1.165, 1.54) is 0 Å². The monoisotopic (exact) mass is 81.0 g/mol. The van der Waals surface area contributed by atoms with Gasteiger partial charge < -0.3 is 11.6 Å². The average molecular weight is 81.0 g/mol. The maximum absolute atomic E-state index is 0. The first-order valence-electron chi connectivity index (χ1n) is 0. The van der Waals surface area contributed by atoms with E-state index in [1.54, 1.807) is 0 Å². The van der Waals surface area contributed by atoms with Gasteiger partial charge in [0.1, 0.15) is 0 Å². The second-order valence-electron chi connectivity index (χ2n) is 0. The van der Waals surface area contributed by atoms with Crippen LogP contribution >= 0.6 is 0 Å². The first-order valence-corrected chi connectivity index (χ1v) is 0. The van der Waals surface area contributed by atoms with Gasteiger partial charge >= 0.3 is 0 Å². The molecule has 0 spiro atoms. The number of hydrogen-bond donors (Lipinski definition) is 1. The van der Waals surface area contributed by atoms with E-state index in [0.717, 1.165) is 0 Å². The van der Waals surface area contributed by atoms with E-state index in [0.29, 0.717) is 0 Å². The summed E-state index contributed by atoms with van der Waals surface area (Å²) in [5.74, 6) is 0. The Hall–Kier alpha value is 1.92.